The summed E-state index contributed by atoms with van der Waals surface area (Å²) in [6.45, 7) is -0.592. The number of ether oxygens (including phenoxy) is 2. The van der Waals surface area contributed by atoms with E-state index in [0.717, 1.165) is 0 Å². The van der Waals surface area contributed by atoms with Gasteiger partial charge in [0.25, 0.3) is 0 Å². The van der Waals surface area contributed by atoms with Crippen LogP contribution in [-0.2, 0) is 4.74 Å². The quantitative estimate of drug-likeness (QED) is 0.329. The molecule has 118 valence electrons. The highest BCUT2D eigenvalue weighted by molar-refractivity contribution is 5.45. The summed E-state index contributed by atoms with van der Waals surface area (Å²) >= 11 is 0. The fourth-order valence-corrected chi connectivity index (χ4v) is 2.04. The Bertz CT molecular complexity index is 468. The fraction of sp³-hybridized carbons (Fsp3) is 0.500. The summed E-state index contributed by atoms with van der Waals surface area (Å²) in [5.74, 6) is -0.0608. The van der Waals surface area contributed by atoms with Gasteiger partial charge < -0.3 is 35.1 Å². The molecule has 0 spiro atoms. The third kappa shape index (κ3) is 3.31. The molecule has 0 aromatic heterocycles. The van der Waals surface area contributed by atoms with Gasteiger partial charge in [0.2, 0.25) is 12.0 Å². The lowest BCUT2D eigenvalue weighted by Crippen LogP contribution is -2.99. The minimum absolute atomic E-state index is 0.0608. The smallest absolute Gasteiger partial charge is 0.229 e. The van der Waals surface area contributed by atoms with Gasteiger partial charge >= 0.3 is 0 Å². The molecule has 1 unspecified atom stereocenters. The van der Waals surface area contributed by atoms with Crippen LogP contribution in [0.3, 0.4) is 0 Å². The second-order valence-corrected chi connectivity index (χ2v) is 4.62. The Morgan fingerprint density at radius 2 is 1.81 bits per heavy atom. The molecule has 1 saturated heterocycles. The van der Waals surface area contributed by atoms with Crippen LogP contribution >= 0.6 is 0 Å². The summed E-state index contributed by atoms with van der Waals surface area (Å²) < 4.78 is 10.4. The molecule has 6 N–H and O–H groups in total. The van der Waals surface area contributed by atoms with Crippen LogP contribution in [0.4, 0.5) is 5.69 Å². The van der Waals surface area contributed by atoms with Crippen LogP contribution in [0.15, 0.2) is 24.3 Å². The average Bonchev–Trinajstić information content (AvgIpc) is 2.48. The maximum atomic E-state index is 11.1. The van der Waals surface area contributed by atoms with E-state index in [0.29, 0.717) is 0 Å². The van der Waals surface area contributed by atoms with Gasteiger partial charge in [0.05, 0.1) is 6.61 Å². The molecule has 0 bridgehead atoms. The lowest BCUT2D eigenvalue weighted by Gasteiger charge is -2.39. The van der Waals surface area contributed by atoms with E-state index in [1.807, 2.05) is 0 Å². The number of aliphatic hydroxyl groups is 4. The summed E-state index contributed by atoms with van der Waals surface area (Å²) in [6.07, 6.45) is -7.21. The van der Waals surface area contributed by atoms with Crippen LogP contribution in [-0.4, -0.2) is 62.9 Å². The van der Waals surface area contributed by atoms with Crippen molar-refractivity contribution in [2.75, 3.05) is 6.61 Å². The third-order valence-corrected chi connectivity index (χ3v) is 3.21. The van der Waals surface area contributed by atoms with Crippen molar-refractivity contribution in [1.82, 2.24) is 0 Å². The molecule has 0 saturated carbocycles. The molecule has 1 heterocycles. The van der Waals surface area contributed by atoms with Gasteiger partial charge in [-0.05, 0) is 6.07 Å². The summed E-state index contributed by atoms with van der Waals surface area (Å²) in [4.78, 5) is 0. The first-order valence-electron chi connectivity index (χ1n) is 6.25. The van der Waals surface area contributed by atoms with E-state index < -0.39 is 42.5 Å². The second-order valence-electron chi connectivity index (χ2n) is 4.62. The van der Waals surface area contributed by atoms with E-state index in [1.54, 1.807) is 0 Å². The van der Waals surface area contributed by atoms with Crippen molar-refractivity contribution in [3.8, 4) is 5.75 Å². The van der Waals surface area contributed by atoms with Crippen molar-refractivity contribution in [3.63, 3.8) is 0 Å². The van der Waals surface area contributed by atoms with Crippen molar-refractivity contribution in [3.05, 3.63) is 29.5 Å². The molecule has 1 aliphatic rings. The topological polar surface area (TPSA) is 147 Å². The van der Waals surface area contributed by atoms with E-state index in [1.165, 1.54) is 24.3 Å². The lowest BCUT2D eigenvalue weighted by molar-refractivity contribution is -0.991. The predicted octanol–water partition coefficient (Wildman–Crippen LogP) is -2.73. The molecule has 0 amide bonds. The van der Waals surface area contributed by atoms with E-state index in [4.69, 9.17) is 19.8 Å². The molecule has 9 nitrogen and oxygen atoms in total. The van der Waals surface area contributed by atoms with E-state index in [-0.39, 0.29) is 11.4 Å². The summed E-state index contributed by atoms with van der Waals surface area (Å²) in [5.41, 5.74) is -0.144. The van der Waals surface area contributed by atoms with Crippen molar-refractivity contribution in [1.29, 1.82) is 0 Å². The molecule has 6 atom stereocenters. The minimum atomic E-state index is -1.59. The number of quaternary nitrogens is 1. The van der Waals surface area contributed by atoms with Crippen LogP contribution in [0, 0.1) is 5.21 Å². The van der Waals surface area contributed by atoms with Gasteiger partial charge in [0.15, 0.2) is 5.75 Å². The minimum Gasteiger partial charge on any atom is -0.595 e. The number of para-hydroxylation sites is 2. The third-order valence-electron chi connectivity index (χ3n) is 3.21. The number of nitrogens with one attached hydrogen (secondary N) is 1. The molecule has 9 heteroatoms. The zero-order chi connectivity index (χ0) is 15.6. The predicted molar refractivity (Wildman–Crippen MR) is 66.6 cm³/mol. The van der Waals surface area contributed by atoms with E-state index in [9.17, 15) is 20.5 Å². The highest BCUT2D eigenvalue weighted by Crippen LogP contribution is 2.27. The molecule has 21 heavy (non-hydrogen) atoms. The first-order valence-corrected chi connectivity index (χ1v) is 6.25. The standard InChI is InChI=1S/C12H17NO8/c14-5-8-9(15)10(16)11(17)12(21-8)20-7-4-2-1-3-6(7)13(18)19/h1-4,8-18H,5H2/t8-,9+,10-,11+,12+/m1/s1. The van der Waals surface area contributed by atoms with Gasteiger partial charge in [0.1, 0.15) is 24.4 Å². The molecule has 1 aromatic carbocycles. The zero-order valence-corrected chi connectivity index (χ0v) is 10.9. The first-order chi connectivity index (χ1) is 9.95. The molecule has 0 aliphatic carbocycles. The maximum absolute atomic E-state index is 11.1. The molecular weight excluding hydrogens is 286 g/mol. The van der Waals surface area contributed by atoms with E-state index in [2.05, 4.69) is 0 Å². The monoisotopic (exact) mass is 303 g/mol. The number of hydrogen-bond donors (Lipinski definition) is 6. The Morgan fingerprint density at radius 1 is 1.14 bits per heavy atom. The van der Waals surface area contributed by atoms with E-state index >= 15 is 0 Å². The lowest BCUT2D eigenvalue weighted by atomic mass is 9.99. The Hall–Kier alpha value is -1.30. The summed E-state index contributed by atoms with van der Waals surface area (Å²) in [7, 11) is 0. The van der Waals surface area contributed by atoms with Crippen LogP contribution in [0.2, 0.25) is 0 Å². The highest BCUT2D eigenvalue weighted by atomic mass is 16.8. The maximum Gasteiger partial charge on any atom is 0.229 e. The highest BCUT2D eigenvalue weighted by Gasteiger charge is 2.45. The number of benzene rings is 1. The first kappa shape index (κ1) is 16.1. The van der Waals surface area contributed by atoms with Crippen molar-refractivity contribution in [2.45, 2.75) is 30.7 Å². The molecule has 1 aromatic rings. The SMILES string of the molecule is [O-][NH+](O)c1ccccc1O[C@H]1O[C@H](CO)[C@H](O)[C@@H](O)[C@@H]1O. The van der Waals surface area contributed by atoms with Gasteiger partial charge in [-0.3, -0.25) is 0 Å². The summed E-state index contributed by atoms with van der Waals surface area (Å²) in [5, 5.41) is 57.0. The van der Waals surface area contributed by atoms with Gasteiger partial charge in [-0.15, -0.1) is 0 Å². The Balaban J connectivity index is 2.19. The van der Waals surface area contributed by atoms with Crippen molar-refractivity contribution >= 4 is 5.69 Å². The Morgan fingerprint density at radius 3 is 2.43 bits per heavy atom. The van der Waals surface area contributed by atoms with Gasteiger partial charge in [0, 0.05) is 6.07 Å². The van der Waals surface area contributed by atoms with Crippen molar-refractivity contribution < 1.29 is 40.3 Å². The molecule has 1 fully saturated rings. The Labute approximate surface area is 119 Å². The summed E-state index contributed by atoms with van der Waals surface area (Å²) in [6, 6.07) is 5.71. The zero-order valence-electron chi connectivity index (χ0n) is 10.9. The van der Waals surface area contributed by atoms with Gasteiger partial charge in [-0.1, -0.05) is 12.1 Å². The average molecular weight is 303 g/mol. The molecule has 2 rings (SSSR count). The van der Waals surface area contributed by atoms with Gasteiger partial charge in [-0.25, -0.2) is 5.21 Å². The molecule has 1 aliphatic heterocycles. The van der Waals surface area contributed by atoms with Crippen molar-refractivity contribution in [2.24, 2.45) is 0 Å². The Kier molecular flexibility index (Phi) is 5.08. The van der Waals surface area contributed by atoms with Crippen LogP contribution < -0.4 is 9.96 Å². The second kappa shape index (κ2) is 6.64. The number of hydrogen-bond acceptors (Lipinski definition) is 8. The van der Waals surface area contributed by atoms with Crippen LogP contribution in [0.5, 0.6) is 5.75 Å². The number of rotatable bonds is 4. The fourth-order valence-electron chi connectivity index (χ4n) is 2.04. The molecular formula is C12H17NO8. The molecule has 0 radical (unpaired) electrons. The van der Waals surface area contributed by atoms with Crippen LogP contribution in [0.25, 0.3) is 0 Å². The number of aliphatic hydroxyl groups excluding tert-OH is 4. The van der Waals surface area contributed by atoms with Gasteiger partial charge in [-0.2, -0.15) is 5.23 Å². The largest absolute Gasteiger partial charge is 0.595 e. The van der Waals surface area contributed by atoms with Crippen LogP contribution in [0.1, 0.15) is 0 Å². The normalized spacial score (nSPS) is 34.5.